The number of hydrogen-bond donors (Lipinski definition) is 3. The number of amides is 2. The molecule has 3 N–H and O–H groups in total. The van der Waals surface area contributed by atoms with Crippen molar-refractivity contribution >= 4 is 23.7 Å². The molecule has 0 saturated heterocycles. The highest BCUT2D eigenvalue weighted by molar-refractivity contribution is 5.94. The average Bonchev–Trinajstić information content (AvgIpc) is 2.65. The molecule has 0 saturated carbocycles. The molecular formula is C22H25N3O3. The Kier molecular flexibility index (Phi) is 7.51. The van der Waals surface area contributed by atoms with Crippen molar-refractivity contribution in [2.75, 3.05) is 5.32 Å². The molecule has 28 heavy (non-hydrogen) atoms. The first-order chi connectivity index (χ1) is 13.4. The van der Waals surface area contributed by atoms with E-state index in [2.05, 4.69) is 22.4 Å². The third kappa shape index (κ3) is 6.09. The number of anilines is 1. The summed E-state index contributed by atoms with van der Waals surface area (Å²) in [6, 6.07) is 11.0. The van der Waals surface area contributed by atoms with Crippen molar-refractivity contribution in [1.82, 2.24) is 5.43 Å². The van der Waals surface area contributed by atoms with Gasteiger partial charge in [0.15, 0.2) is 0 Å². The van der Waals surface area contributed by atoms with E-state index in [1.165, 1.54) is 6.21 Å². The van der Waals surface area contributed by atoms with Gasteiger partial charge in [-0.15, -0.1) is 6.58 Å². The van der Waals surface area contributed by atoms with Crippen LogP contribution in [0.2, 0.25) is 0 Å². The first-order valence-corrected chi connectivity index (χ1v) is 9.01. The molecule has 0 aliphatic heterocycles. The lowest BCUT2D eigenvalue weighted by Gasteiger charge is -2.08. The second kappa shape index (κ2) is 10.1. The van der Waals surface area contributed by atoms with Gasteiger partial charge in [0.05, 0.1) is 6.21 Å². The van der Waals surface area contributed by atoms with Crippen LogP contribution in [0.3, 0.4) is 0 Å². The van der Waals surface area contributed by atoms with Gasteiger partial charge < -0.3 is 10.4 Å². The van der Waals surface area contributed by atoms with Crippen LogP contribution in [0.25, 0.3) is 0 Å². The highest BCUT2D eigenvalue weighted by Crippen LogP contribution is 2.21. The Bertz CT molecular complexity index is 904. The van der Waals surface area contributed by atoms with E-state index in [4.69, 9.17) is 0 Å². The number of carbonyl (C=O) groups is 2. The van der Waals surface area contributed by atoms with E-state index in [-0.39, 0.29) is 30.4 Å². The van der Waals surface area contributed by atoms with Gasteiger partial charge in [0.25, 0.3) is 0 Å². The summed E-state index contributed by atoms with van der Waals surface area (Å²) in [6.07, 6.45) is 3.66. The highest BCUT2D eigenvalue weighted by atomic mass is 16.3. The van der Waals surface area contributed by atoms with Crippen molar-refractivity contribution in [3.05, 3.63) is 71.3 Å². The number of hydrazone groups is 1. The Morgan fingerprint density at radius 1 is 1.14 bits per heavy atom. The summed E-state index contributed by atoms with van der Waals surface area (Å²) >= 11 is 0. The zero-order chi connectivity index (χ0) is 20.5. The second-order valence-electron chi connectivity index (χ2n) is 6.51. The lowest BCUT2D eigenvalue weighted by molar-refractivity contribution is -0.124. The second-order valence-corrected chi connectivity index (χ2v) is 6.51. The van der Waals surface area contributed by atoms with Crippen LogP contribution in [-0.2, 0) is 16.0 Å². The molecule has 2 rings (SSSR count). The van der Waals surface area contributed by atoms with Gasteiger partial charge in [0.2, 0.25) is 11.8 Å². The van der Waals surface area contributed by atoms with E-state index >= 15 is 0 Å². The Balaban J connectivity index is 1.82. The third-order valence-corrected chi connectivity index (χ3v) is 4.14. The normalized spacial score (nSPS) is 10.6. The smallest absolute Gasteiger partial charge is 0.240 e. The number of nitrogens with one attached hydrogen (secondary N) is 2. The number of rotatable bonds is 8. The number of phenols is 1. The fourth-order valence-corrected chi connectivity index (χ4v) is 2.66. The molecule has 6 heteroatoms. The fourth-order valence-electron chi connectivity index (χ4n) is 2.66. The summed E-state index contributed by atoms with van der Waals surface area (Å²) in [6.45, 7) is 7.55. The molecule has 0 fully saturated rings. The number of phenolic OH excluding ortho intramolecular Hbond substituents is 1. The maximum absolute atomic E-state index is 12.0. The number of aryl methyl sites for hydroxylation is 2. The Labute approximate surface area is 165 Å². The van der Waals surface area contributed by atoms with Crippen molar-refractivity contribution < 1.29 is 14.7 Å². The van der Waals surface area contributed by atoms with Crippen molar-refractivity contribution in [1.29, 1.82) is 0 Å². The predicted octanol–water partition coefficient (Wildman–Crippen LogP) is 3.61. The molecule has 0 atom stereocenters. The van der Waals surface area contributed by atoms with Gasteiger partial charge in [-0.05, 0) is 43.5 Å². The Morgan fingerprint density at radius 3 is 2.61 bits per heavy atom. The number of nitrogens with zero attached hydrogens (tertiary/aromatic N) is 1. The van der Waals surface area contributed by atoms with Crippen LogP contribution in [-0.4, -0.2) is 23.1 Å². The number of allylic oxidation sites excluding steroid dienone is 1. The lowest BCUT2D eigenvalue weighted by Crippen LogP contribution is -2.20. The largest absolute Gasteiger partial charge is 0.507 e. The van der Waals surface area contributed by atoms with Crippen LogP contribution in [0.4, 0.5) is 5.69 Å². The maximum atomic E-state index is 12.0. The van der Waals surface area contributed by atoms with Gasteiger partial charge in [-0.25, -0.2) is 5.43 Å². The van der Waals surface area contributed by atoms with Gasteiger partial charge in [0.1, 0.15) is 5.75 Å². The van der Waals surface area contributed by atoms with E-state index in [1.807, 2.05) is 32.0 Å². The number of hydrogen-bond acceptors (Lipinski definition) is 4. The molecule has 0 bridgehead atoms. The number of para-hydroxylation sites is 1. The van der Waals surface area contributed by atoms with Gasteiger partial charge in [-0.1, -0.05) is 35.9 Å². The molecule has 0 heterocycles. The Morgan fingerprint density at radius 2 is 1.89 bits per heavy atom. The van der Waals surface area contributed by atoms with Crippen LogP contribution < -0.4 is 10.7 Å². The summed E-state index contributed by atoms with van der Waals surface area (Å²) in [4.78, 5) is 23.9. The third-order valence-electron chi connectivity index (χ3n) is 4.14. The first-order valence-electron chi connectivity index (χ1n) is 9.01. The van der Waals surface area contributed by atoms with E-state index < -0.39 is 0 Å². The van der Waals surface area contributed by atoms with Gasteiger partial charge in [0, 0.05) is 24.1 Å². The van der Waals surface area contributed by atoms with E-state index in [0.29, 0.717) is 12.0 Å². The standard InChI is InChI=1S/C22H25N3O3/c1-4-6-17-7-5-8-18(22(17)28)14-23-25-21(27)12-11-20(26)24-19-10-9-15(2)13-16(19)3/h4-5,7-10,13-14,28H,1,6,11-12H2,2-3H3,(H,24,26)(H,25,27)/b23-14-. The van der Waals surface area contributed by atoms with E-state index in [9.17, 15) is 14.7 Å². The van der Waals surface area contributed by atoms with Gasteiger partial charge in [-0.3, -0.25) is 9.59 Å². The molecule has 0 radical (unpaired) electrons. The molecule has 2 aromatic rings. The van der Waals surface area contributed by atoms with Crippen molar-refractivity contribution in [3.8, 4) is 5.75 Å². The van der Waals surface area contributed by atoms with E-state index in [1.54, 1.807) is 24.3 Å². The molecular weight excluding hydrogens is 354 g/mol. The molecule has 0 aliphatic rings. The summed E-state index contributed by atoms with van der Waals surface area (Å²) in [5.41, 5.74) is 6.42. The summed E-state index contributed by atoms with van der Waals surface area (Å²) in [7, 11) is 0. The van der Waals surface area contributed by atoms with Crippen LogP contribution >= 0.6 is 0 Å². The van der Waals surface area contributed by atoms with Gasteiger partial charge >= 0.3 is 0 Å². The number of benzene rings is 2. The number of aromatic hydroxyl groups is 1. The minimum Gasteiger partial charge on any atom is -0.507 e. The molecule has 146 valence electrons. The predicted molar refractivity (Wildman–Crippen MR) is 112 cm³/mol. The molecule has 6 nitrogen and oxygen atoms in total. The lowest BCUT2D eigenvalue weighted by atomic mass is 10.1. The minimum atomic E-state index is -0.381. The summed E-state index contributed by atoms with van der Waals surface area (Å²) in [5, 5.41) is 16.8. The van der Waals surface area contributed by atoms with Crippen LogP contribution in [0, 0.1) is 13.8 Å². The Hall–Kier alpha value is -3.41. The molecule has 0 unspecified atom stereocenters. The zero-order valence-electron chi connectivity index (χ0n) is 16.2. The molecule has 0 spiro atoms. The topological polar surface area (TPSA) is 90.8 Å². The van der Waals surface area contributed by atoms with Gasteiger partial charge in [-0.2, -0.15) is 5.10 Å². The minimum absolute atomic E-state index is 0.0105. The molecule has 2 aromatic carbocycles. The average molecular weight is 379 g/mol. The van der Waals surface area contributed by atoms with Crippen molar-refractivity contribution in [3.63, 3.8) is 0 Å². The van der Waals surface area contributed by atoms with Crippen molar-refractivity contribution in [2.24, 2.45) is 5.10 Å². The number of carbonyl (C=O) groups excluding carboxylic acids is 2. The quantitative estimate of drug-likeness (QED) is 0.372. The van der Waals surface area contributed by atoms with Crippen LogP contribution in [0.1, 0.15) is 35.1 Å². The molecule has 0 aromatic heterocycles. The SMILES string of the molecule is C=CCc1cccc(/C=N\NC(=O)CCC(=O)Nc2ccc(C)cc2C)c1O. The van der Waals surface area contributed by atoms with Crippen molar-refractivity contribution in [2.45, 2.75) is 33.1 Å². The van der Waals surface area contributed by atoms with Crippen LogP contribution in [0.15, 0.2) is 54.2 Å². The summed E-state index contributed by atoms with van der Waals surface area (Å²) in [5.74, 6) is -0.511. The fraction of sp³-hybridized carbons (Fsp3) is 0.227. The summed E-state index contributed by atoms with van der Waals surface area (Å²) < 4.78 is 0. The monoisotopic (exact) mass is 379 g/mol. The van der Waals surface area contributed by atoms with E-state index in [0.717, 1.165) is 22.4 Å². The molecule has 0 aliphatic carbocycles. The maximum Gasteiger partial charge on any atom is 0.240 e. The highest BCUT2D eigenvalue weighted by Gasteiger charge is 2.08. The first kappa shape index (κ1) is 20.9. The van der Waals surface area contributed by atoms with Crippen LogP contribution in [0.5, 0.6) is 5.75 Å². The zero-order valence-corrected chi connectivity index (χ0v) is 16.2. The molecule has 2 amide bonds.